The van der Waals surface area contributed by atoms with Crippen LogP contribution >= 0.6 is 11.3 Å². The van der Waals surface area contributed by atoms with Crippen molar-refractivity contribution in [1.29, 1.82) is 0 Å². The first-order valence-electron chi connectivity index (χ1n) is 9.47. The summed E-state index contributed by atoms with van der Waals surface area (Å²) in [7, 11) is 0. The van der Waals surface area contributed by atoms with E-state index in [1.807, 2.05) is 40.5 Å². The number of benzene rings is 1. The van der Waals surface area contributed by atoms with Crippen LogP contribution in [-0.2, 0) is 6.54 Å². The Morgan fingerprint density at radius 1 is 1.11 bits per heavy atom. The largest absolute Gasteiger partial charge is 0.297 e. The molecule has 1 fully saturated rings. The molecule has 5 nitrogen and oxygen atoms in total. The Hall–Kier alpha value is -2.64. The third-order valence-electron chi connectivity index (χ3n) is 5.30. The zero-order valence-electron chi connectivity index (χ0n) is 15.3. The van der Waals surface area contributed by atoms with Gasteiger partial charge < -0.3 is 0 Å². The lowest BCUT2D eigenvalue weighted by Gasteiger charge is -2.29. The Morgan fingerprint density at radius 2 is 2.00 bits per heavy atom. The maximum Gasteiger partial charge on any atom is 0.155 e. The molecule has 142 valence electrons. The van der Waals surface area contributed by atoms with Crippen molar-refractivity contribution in [2.45, 2.75) is 25.3 Å². The summed E-state index contributed by atoms with van der Waals surface area (Å²) in [6.07, 6.45) is 5.90. The van der Waals surface area contributed by atoms with E-state index in [1.165, 1.54) is 17.1 Å². The second-order valence-electron chi connectivity index (χ2n) is 7.18. The van der Waals surface area contributed by atoms with Crippen molar-refractivity contribution in [2.24, 2.45) is 0 Å². The Morgan fingerprint density at radius 3 is 2.79 bits per heavy atom. The lowest BCUT2D eigenvalue weighted by Crippen LogP contribution is -2.32. The molecule has 1 aliphatic rings. The van der Waals surface area contributed by atoms with Gasteiger partial charge in [-0.3, -0.25) is 4.90 Å². The minimum absolute atomic E-state index is 0.235. The van der Waals surface area contributed by atoms with Crippen LogP contribution < -0.4 is 0 Å². The van der Waals surface area contributed by atoms with Crippen molar-refractivity contribution in [3.8, 4) is 11.1 Å². The molecule has 4 aromatic rings. The van der Waals surface area contributed by atoms with Crippen LogP contribution in [0, 0.1) is 5.82 Å². The molecule has 3 aromatic heterocycles. The first-order valence-corrected chi connectivity index (χ1v) is 10.4. The fraction of sp³-hybridized carbons (Fsp3) is 0.286. The van der Waals surface area contributed by atoms with E-state index in [9.17, 15) is 4.39 Å². The number of thiazole rings is 1. The average Bonchev–Trinajstić information content (AvgIpc) is 3.37. The fourth-order valence-electron chi connectivity index (χ4n) is 3.78. The highest BCUT2D eigenvalue weighted by Crippen LogP contribution is 2.28. The van der Waals surface area contributed by atoms with E-state index < -0.39 is 0 Å². The van der Waals surface area contributed by atoms with Crippen LogP contribution in [0.2, 0.25) is 0 Å². The third kappa shape index (κ3) is 3.55. The number of likely N-dealkylation sites (tertiary alicyclic amines) is 1. The summed E-state index contributed by atoms with van der Waals surface area (Å²) in [4.78, 5) is 11.6. The van der Waals surface area contributed by atoms with Crippen molar-refractivity contribution in [1.82, 2.24) is 24.5 Å². The normalized spacial score (nSPS) is 16.0. The second-order valence-corrected chi connectivity index (χ2v) is 8.16. The molecular formula is C21H20FN5S. The molecular weight excluding hydrogens is 373 g/mol. The standard InChI is InChI=1S/C21H20FN5S/c22-18-3-1-2-16(12-18)17-4-5-19-24-21(25-27(19)13-17)15-6-9-26(10-7-15)14-20-23-8-11-28-20/h1-5,8,11-13,15H,6-7,9-10,14H2. The predicted octanol–water partition coefficient (Wildman–Crippen LogP) is 4.37. The van der Waals surface area contributed by atoms with Gasteiger partial charge in [-0.1, -0.05) is 12.1 Å². The van der Waals surface area contributed by atoms with E-state index in [2.05, 4.69) is 9.88 Å². The van der Waals surface area contributed by atoms with Crippen LogP contribution in [0.5, 0.6) is 0 Å². The van der Waals surface area contributed by atoms with Gasteiger partial charge in [-0.25, -0.2) is 18.9 Å². The van der Waals surface area contributed by atoms with Crippen LogP contribution in [0.15, 0.2) is 54.2 Å². The van der Waals surface area contributed by atoms with Crippen LogP contribution in [-0.4, -0.2) is 37.6 Å². The number of halogens is 1. The molecule has 28 heavy (non-hydrogen) atoms. The van der Waals surface area contributed by atoms with Gasteiger partial charge in [0.2, 0.25) is 0 Å². The quantitative estimate of drug-likeness (QED) is 0.516. The van der Waals surface area contributed by atoms with E-state index >= 15 is 0 Å². The number of fused-ring (bicyclic) bond motifs is 1. The topological polar surface area (TPSA) is 46.3 Å². The predicted molar refractivity (Wildman–Crippen MR) is 108 cm³/mol. The SMILES string of the molecule is Fc1cccc(-c2ccc3nc(C4CCN(Cc5nccs5)CC4)nn3c2)c1. The maximum absolute atomic E-state index is 13.5. The van der Waals surface area contributed by atoms with Gasteiger partial charge in [-0.05, 0) is 55.8 Å². The molecule has 1 aromatic carbocycles. The molecule has 1 saturated heterocycles. The number of aromatic nitrogens is 4. The number of nitrogens with zero attached hydrogens (tertiary/aromatic N) is 5. The Bertz CT molecular complexity index is 1080. The van der Waals surface area contributed by atoms with Gasteiger partial charge in [0.05, 0.1) is 6.54 Å². The van der Waals surface area contributed by atoms with E-state index in [4.69, 9.17) is 10.1 Å². The van der Waals surface area contributed by atoms with Crippen molar-refractivity contribution in [2.75, 3.05) is 13.1 Å². The monoisotopic (exact) mass is 393 g/mol. The molecule has 0 saturated carbocycles. The number of hydrogen-bond donors (Lipinski definition) is 0. The number of rotatable bonds is 4. The number of piperidine rings is 1. The Labute approximate surface area is 166 Å². The zero-order chi connectivity index (χ0) is 18.9. The molecule has 4 heterocycles. The van der Waals surface area contributed by atoms with Gasteiger partial charge in [0.15, 0.2) is 11.5 Å². The molecule has 0 unspecified atom stereocenters. The van der Waals surface area contributed by atoms with Gasteiger partial charge in [0, 0.05) is 29.3 Å². The van der Waals surface area contributed by atoms with E-state index in [1.54, 1.807) is 17.4 Å². The van der Waals surface area contributed by atoms with Gasteiger partial charge in [-0.2, -0.15) is 5.10 Å². The van der Waals surface area contributed by atoms with Gasteiger partial charge in [-0.15, -0.1) is 11.3 Å². The zero-order valence-corrected chi connectivity index (χ0v) is 16.1. The highest BCUT2D eigenvalue weighted by atomic mass is 32.1. The molecule has 0 bridgehead atoms. The number of pyridine rings is 1. The van der Waals surface area contributed by atoms with Crippen LogP contribution in [0.25, 0.3) is 16.8 Å². The van der Waals surface area contributed by atoms with Crippen molar-refractivity contribution < 1.29 is 4.39 Å². The molecule has 0 radical (unpaired) electrons. The molecule has 5 rings (SSSR count). The summed E-state index contributed by atoms with van der Waals surface area (Å²) in [5, 5.41) is 7.93. The van der Waals surface area contributed by atoms with Gasteiger partial charge in [0.1, 0.15) is 10.8 Å². The second kappa shape index (κ2) is 7.41. The van der Waals surface area contributed by atoms with Crippen molar-refractivity contribution in [3.63, 3.8) is 0 Å². The number of hydrogen-bond acceptors (Lipinski definition) is 5. The minimum atomic E-state index is -0.235. The highest BCUT2D eigenvalue weighted by Gasteiger charge is 2.24. The van der Waals surface area contributed by atoms with Crippen LogP contribution in [0.1, 0.15) is 29.6 Å². The molecule has 0 spiro atoms. The summed E-state index contributed by atoms with van der Waals surface area (Å²) in [5.41, 5.74) is 2.61. The molecule has 7 heteroatoms. The van der Waals surface area contributed by atoms with Crippen molar-refractivity contribution >= 4 is 17.0 Å². The van der Waals surface area contributed by atoms with Gasteiger partial charge in [0.25, 0.3) is 0 Å². The van der Waals surface area contributed by atoms with E-state index in [0.29, 0.717) is 5.92 Å². The molecule has 1 aliphatic heterocycles. The first-order chi connectivity index (χ1) is 13.7. The summed E-state index contributed by atoms with van der Waals surface area (Å²) in [5.74, 6) is 1.05. The molecule has 0 aliphatic carbocycles. The first kappa shape index (κ1) is 17.5. The fourth-order valence-corrected chi connectivity index (χ4v) is 4.44. The lowest BCUT2D eigenvalue weighted by atomic mass is 9.96. The van der Waals surface area contributed by atoms with E-state index in [-0.39, 0.29) is 5.82 Å². The summed E-state index contributed by atoms with van der Waals surface area (Å²) < 4.78 is 15.3. The Balaban J connectivity index is 1.31. The minimum Gasteiger partial charge on any atom is -0.297 e. The summed E-state index contributed by atoms with van der Waals surface area (Å²) >= 11 is 1.71. The maximum atomic E-state index is 13.5. The smallest absolute Gasteiger partial charge is 0.155 e. The molecule has 0 amide bonds. The van der Waals surface area contributed by atoms with Crippen LogP contribution in [0.3, 0.4) is 0 Å². The lowest BCUT2D eigenvalue weighted by molar-refractivity contribution is 0.201. The highest BCUT2D eigenvalue weighted by molar-refractivity contribution is 7.09. The third-order valence-corrected chi connectivity index (χ3v) is 6.06. The summed E-state index contributed by atoms with van der Waals surface area (Å²) in [6.45, 7) is 3.00. The summed E-state index contributed by atoms with van der Waals surface area (Å²) in [6, 6.07) is 10.5. The molecule has 0 atom stereocenters. The molecule has 0 N–H and O–H groups in total. The average molecular weight is 393 g/mol. The van der Waals surface area contributed by atoms with Crippen molar-refractivity contribution in [3.05, 3.63) is 70.8 Å². The van der Waals surface area contributed by atoms with E-state index in [0.717, 1.165) is 55.1 Å². The van der Waals surface area contributed by atoms with Crippen LogP contribution in [0.4, 0.5) is 4.39 Å². The Kier molecular flexibility index (Phi) is 4.62. The van der Waals surface area contributed by atoms with Gasteiger partial charge >= 0.3 is 0 Å².